The fraction of sp³-hybridized carbons (Fsp3) is 0.190. The van der Waals surface area contributed by atoms with E-state index in [0.717, 1.165) is 23.5 Å². The topological polar surface area (TPSA) is 79.6 Å². The van der Waals surface area contributed by atoms with Gasteiger partial charge in [0.05, 0.1) is 6.04 Å². The van der Waals surface area contributed by atoms with Crippen molar-refractivity contribution in [3.8, 4) is 22.5 Å². The summed E-state index contributed by atoms with van der Waals surface area (Å²) in [5.74, 6) is 2.13. The molecule has 0 aliphatic heterocycles. The van der Waals surface area contributed by atoms with Gasteiger partial charge >= 0.3 is 0 Å². The summed E-state index contributed by atoms with van der Waals surface area (Å²) in [6, 6.07) is 16.9. The van der Waals surface area contributed by atoms with Gasteiger partial charge in [-0.05, 0) is 23.6 Å². The first-order valence-corrected chi connectivity index (χ1v) is 8.92. The molecular weight excluding hydrogens is 338 g/mol. The molecule has 4 aromatic rings. The molecule has 1 atom stereocenters. The molecule has 1 unspecified atom stereocenters. The second-order valence-corrected chi connectivity index (χ2v) is 6.49. The Morgan fingerprint density at radius 2 is 1.67 bits per heavy atom. The van der Waals surface area contributed by atoms with Crippen LogP contribution in [-0.4, -0.2) is 20.1 Å². The van der Waals surface area contributed by atoms with Crippen molar-refractivity contribution >= 4 is 0 Å². The van der Waals surface area contributed by atoms with E-state index in [2.05, 4.69) is 68.7 Å². The van der Waals surface area contributed by atoms with Crippen LogP contribution in [0.1, 0.15) is 30.2 Å². The molecule has 6 nitrogen and oxygen atoms in total. The molecule has 6 heteroatoms. The molecule has 27 heavy (non-hydrogen) atoms. The highest BCUT2D eigenvalue weighted by molar-refractivity contribution is 5.67. The molecule has 0 aliphatic rings. The van der Waals surface area contributed by atoms with E-state index in [1.165, 1.54) is 11.1 Å². The minimum atomic E-state index is 0.181. The monoisotopic (exact) mass is 359 g/mol. The van der Waals surface area contributed by atoms with Crippen LogP contribution in [0.4, 0.5) is 0 Å². The van der Waals surface area contributed by atoms with Gasteiger partial charge in [-0.3, -0.25) is 0 Å². The molecular formula is C21H21N5O. The number of imidazole rings is 1. The third-order valence-electron chi connectivity index (χ3n) is 4.50. The molecule has 0 saturated carbocycles. The van der Waals surface area contributed by atoms with Crippen LogP contribution in [0.25, 0.3) is 22.5 Å². The van der Waals surface area contributed by atoms with Gasteiger partial charge in [0.25, 0.3) is 0 Å². The SMILES string of the molecule is Cc1nc(-c2ccc(-c3ccc(CNC(C)c4ncc[nH]4)cc3)cc2)no1. The van der Waals surface area contributed by atoms with Crippen molar-refractivity contribution in [3.05, 3.63) is 78.2 Å². The van der Waals surface area contributed by atoms with Crippen LogP contribution in [0.3, 0.4) is 0 Å². The molecule has 0 saturated heterocycles. The van der Waals surface area contributed by atoms with Gasteiger partial charge in [-0.2, -0.15) is 4.98 Å². The molecule has 2 aromatic heterocycles. The lowest BCUT2D eigenvalue weighted by atomic mass is 10.0. The molecule has 4 rings (SSSR count). The first-order valence-electron chi connectivity index (χ1n) is 8.92. The summed E-state index contributed by atoms with van der Waals surface area (Å²) in [7, 11) is 0. The Morgan fingerprint density at radius 3 is 2.26 bits per heavy atom. The molecule has 0 amide bonds. The average Bonchev–Trinajstić information content (AvgIpc) is 3.39. The third kappa shape index (κ3) is 3.96. The Morgan fingerprint density at radius 1 is 1.00 bits per heavy atom. The van der Waals surface area contributed by atoms with Crippen LogP contribution >= 0.6 is 0 Å². The molecule has 0 spiro atoms. The van der Waals surface area contributed by atoms with Crippen LogP contribution in [0.2, 0.25) is 0 Å². The largest absolute Gasteiger partial charge is 0.347 e. The summed E-state index contributed by atoms with van der Waals surface area (Å²) >= 11 is 0. The Kier molecular flexibility index (Phi) is 4.80. The van der Waals surface area contributed by atoms with Gasteiger partial charge < -0.3 is 14.8 Å². The number of hydrogen-bond donors (Lipinski definition) is 2. The number of benzene rings is 2. The van der Waals surface area contributed by atoms with Gasteiger partial charge in [0, 0.05) is 31.4 Å². The van der Waals surface area contributed by atoms with Crippen LogP contribution in [0, 0.1) is 6.92 Å². The zero-order valence-corrected chi connectivity index (χ0v) is 15.3. The van der Waals surface area contributed by atoms with E-state index >= 15 is 0 Å². The number of aromatic nitrogens is 4. The number of rotatable bonds is 6. The number of aromatic amines is 1. The Labute approximate surface area is 157 Å². The van der Waals surface area contributed by atoms with Gasteiger partial charge in [0.2, 0.25) is 11.7 Å². The minimum absolute atomic E-state index is 0.181. The van der Waals surface area contributed by atoms with E-state index in [1.54, 1.807) is 13.1 Å². The first-order chi connectivity index (χ1) is 13.2. The number of nitrogens with one attached hydrogen (secondary N) is 2. The van der Waals surface area contributed by atoms with Crippen molar-refractivity contribution in [1.29, 1.82) is 0 Å². The van der Waals surface area contributed by atoms with E-state index in [0.29, 0.717) is 11.7 Å². The molecule has 2 heterocycles. The van der Waals surface area contributed by atoms with Crippen molar-refractivity contribution in [3.63, 3.8) is 0 Å². The summed E-state index contributed by atoms with van der Waals surface area (Å²) in [5, 5.41) is 7.42. The molecule has 0 bridgehead atoms. The molecule has 2 N–H and O–H groups in total. The van der Waals surface area contributed by atoms with Crippen LogP contribution in [0.15, 0.2) is 65.4 Å². The Hall–Kier alpha value is -3.25. The maximum absolute atomic E-state index is 5.04. The summed E-state index contributed by atoms with van der Waals surface area (Å²) in [5.41, 5.74) is 4.51. The standard InChI is InChI=1S/C21H21N5O/c1-14(20-22-11-12-23-20)24-13-16-3-5-17(6-4-16)18-7-9-19(10-8-18)21-25-15(2)27-26-21/h3-12,14,24H,13H2,1-2H3,(H,22,23). The molecule has 2 aromatic carbocycles. The number of nitrogens with zero attached hydrogens (tertiary/aromatic N) is 3. The number of hydrogen-bond acceptors (Lipinski definition) is 5. The van der Waals surface area contributed by atoms with Crippen molar-refractivity contribution in [1.82, 2.24) is 25.4 Å². The van der Waals surface area contributed by atoms with Gasteiger partial charge in [0.15, 0.2) is 0 Å². The average molecular weight is 359 g/mol. The van der Waals surface area contributed by atoms with Crippen molar-refractivity contribution in [2.75, 3.05) is 0 Å². The Balaban J connectivity index is 1.41. The number of H-pyrrole nitrogens is 1. The summed E-state index contributed by atoms with van der Waals surface area (Å²) in [6.45, 7) is 4.68. The Bertz CT molecular complexity index is 988. The smallest absolute Gasteiger partial charge is 0.223 e. The summed E-state index contributed by atoms with van der Waals surface area (Å²) in [4.78, 5) is 11.7. The summed E-state index contributed by atoms with van der Waals surface area (Å²) < 4.78 is 5.04. The molecule has 0 radical (unpaired) electrons. The highest BCUT2D eigenvalue weighted by Crippen LogP contribution is 2.24. The summed E-state index contributed by atoms with van der Waals surface area (Å²) in [6.07, 6.45) is 3.61. The van der Waals surface area contributed by atoms with E-state index < -0.39 is 0 Å². The van der Waals surface area contributed by atoms with E-state index in [9.17, 15) is 0 Å². The fourth-order valence-electron chi connectivity index (χ4n) is 2.93. The van der Waals surface area contributed by atoms with Gasteiger partial charge in [-0.15, -0.1) is 0 Å². The van der Waals surface area contributed by atoms with Gasteiger partial charge in [-0.25, -0.2) is 4.98 Å². The predicted molar refractivity (Wildman–Crippen MR) is 104 cm³/mol. The van der Waals surface area contributed by atoms with Crippen molar-refractivity contribution < 1.29 is 4.52 Å². The highest BCUT2D eigenvalue weighted by Gasteiger charge is 2.08. The van der Waals surface area contributed by atoms with E-state index in [1.807, 2.05) is 18.3 Å². The highest BCUT2D eigenvalue weighted by atomic mass is 16.5. The molecule has 0 fully saturated rings. The zero-order valence-electron chi connectivity index (χ0n) is 15.3. The molecule has 136 valence electrons. The number of aryl methyl sites for hydroxylation is 1. The van der Waals surface area contributed by atoms with Crippen LogP contribution in [-0.2, 0) is 6.54 Å². The lowest BCUT2D eigenvalue weighted by molar-refractivity contribution is 0.394. The maximum Gasteiger partial charge on any atom is 0.223 e. The van der Waals surface area contributed by atoms with Gasteiger partial charge in [0.1, 0.15) is 5.82 Å². The van der Waals surface area contributed by atoms with Crippen molar-refractivity contribution in [2.45, 2.75) is 26.4 Å². The van der Waals surface area contributed by atoms with Crippen LogP contribution in [0.5, 0.6) is 0 Å². The predicted octanol–water partition coefficient (Wildman–Crippen LogP) is 4.29. The second-order valence-electron chi connectivity index (χ2n) is 6.49. The minimum Gasteiger partial charge on any atom is -0.347 e. The van der Waals surface area contributed by atoms with Gasteiger partial charge in [-0.1, -0.05) is 53.7 Å². The first kappa shape index (κ1) is 17.2. The normalized spacial score (nSPS) is 12.2. The van der Waals surface area contributed by atoms with Crippen LogP contribution < -0.4 is 5.32 Å². The quantitative estimate of drug-likeness (QED) is 0.537. The fourth-order valence-corrected chi connectivity index (χ4v) is 2.93. The van der Waals surface area contributed by atoms with Crippen molar-refractivity contribution in [2.24, 2.45) is 0 Å². The maximum atomic E-state index is 5.04. The molecule has 0 aliphatic carbocycles. The van der Waals surface area contributed by atoms with E-state index in [-0.39, 0.29) is 6.04 Å². The zero-order chi connectivity index (χ0) is 18.6. The lowest BCUT2D eigenvalue weighted by Gasteiger charge is -2.12. The second kappa shape index (κ2) is 7.55. The lowest BCUT2D eigenvalue weighted by Crippen LogP contribution is -2.19. The third-order valence-corrected chi connectivity index (χ3v) is 4.50. The van der Waals surface area contributed by atoms with E-state index in [4.69, 9.17) is 4.52 Å².